The van der Waals surface area contributed by atoms with Crippen LogP contribution in [-0.2, 0) is 56.9 Å². The van der Waals surface area contributed by atoms with E-state index in [0.717, 1.165) is 0 Å². The van der Waals surface area contributed by atoms with Crippen LogP contribution in [-0.4, -0.2) is 0 Å². The monoisotopic (exact) mass is 2140 g/mol. The van der Waals surface area contributed by atoms with E-state index in [4.69, 9.17) is 0 Å². The molecule has 18 heteroatoms. The smallest absolute Gasteiger partial charge is 2.00 e. The van der Waals surface area contributed by atoms with Gasteiger partial charge in [-0.1, -0.05) is 0 Å². The second-order valence-electron chi connectivity index (χ2n) is 0. The largest absolute Gasteiger partial charge is 3.00 e. The molecule has 0 aliphatic carbocycles. The second-order valence-corrected chi connectivity index (χ2v) is 0. The van der Waals surface area contributed by atoms with Gasteiger partial charge in [0.25, 0.3) is 0 Å². The minimum atomic E-state index is 0. The van der Waals surface area contributed by atoms with Crippen molar-refractivity contribution in [2.45, 2.75) is 0 Å². The van der Waals surface area contributed by atoms with Gasteiger partial charge in [0.05, 0.1) is 0 Å². The molecule has 0 aliphatic rings. The maximum absolute atomic E-state index is 0. The molecule has 0 bridgehead atoms. The van der Waals surface area contributed by atoms with Gasteiger partial charge in [-0.25, -0.2) is 0 Å². The van der Waals surface area contributed by atoms with Crippen molar-refractivity contribution < 1.29 is 513 Å². The predicted octanol–water partition coefficient (Wildman–Crippen LogP) is -0.364. The molecule has 0 atom stereocenters. The van der Waals surface area contributed by atoms with Crippen LogP contribution in [0.2, 0.25) is 0 Å². The Labute approximate surface area is 532 Å². The Morgan fingerprint density at radius 1 is 0.278 bits per heavy atom. The SMILES string of the molecule is [Er].[Er].[Er].[Er].[Gd].[Gd].[Gd].[Gd].[O-2].[O-2].[O-2].[S-2].[S-2].[S-2].[Yb+3].[Yb+3].[Yb+3].[Yb+3]. The summed E-state index contributed by atoms with van der Waals surface area (Å²) < 4.78 is 0. The minimum absolute atomic E-state index is 0. The van der Waals surface area contributed by atoms with Crippen molar-refractivity contribution in [1.82, 2.24) is 0 Å². The first-order valence-corrected chi connectivity index (χ1v) is 0. The van der Waals surface area contributed by atoms with Gasteiger partial charge < -0.3 is 56.9 Å². The molecule has 0 fully saturated rings. The molecular formula is Er4Gd4O3S3Yb4. The molecule has 0 aromatic heterocycles. The van der Waals surface area contributed by atoms with Crippen LogP contribution in [0.15, 0.2) is 0 Å². The molecule has 18 heavy (non-hydrogen) atoms. The Hall–Kier alpha value is 17.3. The average Bonchev–Trinajstić information content (AvgIpc) is 0. The Morgan fingerprint density at radius 3 is 0.278 bits per heavy atom. The van der Waals surface area contributed by atoms with Crippen LogP contribution in [0.3, 0.4) is 0 Å². The third kappa shape index (κ3) is 116. The molecule has 3 nitrogen and oxygen atoms in total. The Morgan fingerprint density at radius 2 is 0.278 bits per heavy atom. The first-order chi connectivity index (χ1) is 0. The van der Waals surface area contributed by atoms with Crippen molar-refractivity contribution in [2.75, 3.05) is 0 Å². The fourth-order valence-electron chi connectivity index (χ4n) is 0. The molecule has 0 heterocycles. The summed E-state index contributed by atoms with van der Waals surface area (Å²) in [7, 11) is 0. The summed E-state index contributed by atoms with van der Waals surface area (Å²) in [5, 5.41) is 0. The zero-order valence-corrected chi connectivity index (χ0v) is 31.9. The maximum Gasteiger partial charge on any atom is 3.00 e. The van der Waals surface area contributed by atoms with Crippen molar-refractivity contribution in [1.29, 1.82) is 0 Å². The van der Waals surface area contributed by atoms with Gasteiger partial charge >= 0.3 is 188 Å². The number of hydrogen-bond donors (Lipinski definition) is 0. The summed E-state index contributed by atoms with van der Waals surface area (Å²) in [4.78, 5) is 0. The molecule has 0 amide bonds. The van der Waals surface area contributed by atoms with E-state index in [0.29, 0.717) is 0 Å². The number of hydrogen-bond acceptors (Lipinski definition) is 0. The van der Waals surface area contributed by atoms with Gasteiger partial charge in [0.15, 0.2) is 0 Å². The fraction of sp³-hybridized carbons (Fsp3) is 0. The zero-order valence-electron chi connectivity index (χ0n) is 6.09. The molecule has 0 saturated heterocycles. The molecule has 0 aromatic rings. The van der Waals surface area contributed by atoms with Gasteiger partial charge in [0, 0.05) is 309 Å². The van der Waals surface area contributed by atoms with Crippen LogP contribution in [0.1, 0.15) is 0 Å². The molecular weight excluding hydrogens is 2130 g/mol. The van der Waals surface area contributed by atoms with Crippen LogP contribution in [0.5, 0.6) is 0 Å². The van der Waals surface area contributed by atoms with E-state index in [-0.39, 0.29) is 554 Å². The van der Waals surface area contributed by atoms with Gasteiger partial charge in [-0.2, -0.15) is 0 Å². The van der Waals surface area contributed by atoms with Crippen molar-refractivity contribution >= 4 is 40.5 Å². The summed E-state index contributed by atoms with van der Waals surface area (Å²) in [6.45, 7) is 0. The summed E-state index contributed by atoms with van der Waals surface area (Å²) in [6.07, 6.45) is 0. The third-order valence-electron chi connectivity index (χ3n) is 0. The second kappa shape index (κ2) is 127. The van der Waals surface area contributed by atoms with E-state index in [2.05, 4.69) is 0 Å². The molecule has 0 N–H and O–H groups in total. The van der Waals surface area contributed by atoms with Crippen molar-refractivity contribution in [2.24, 2.45) is 0 Å². The number of rotatable bonds is 0. The van der Waals surface area contributed by atoms with Crippen LogP contribution >= 0.6 is 0 Å². The summed E-state index contributed by atoms with van der Waals surface area (Å²) in [5.41, 5.74) is 0. The Kier molecular flexibility index (Phi) is 980. The van der Waals surface area contributed by atoms with Crippen molar-refractivity contribution in [3.8, 4) is 0 Å². The van der Waals surface area contributed by atoms with Gasteiger partial charge in [0.1, 0.15) is 0 Å². The van der Waals surface area contributed by atoms with Crippen LogP contribution < -0.4 is 0 Å². The Balaban J connectivity index is 0. The standard InChI is InChI=1S/4Er.4Gd.3O.3S.4Yb/q;;;;;;;;6*-2;4*+3. The minimum Gasteiger partial charge on any atom is -2.00 e. The molecule has 0 rings (SSSR count). The molecule has 0 aromatic carbocycles. The van der Waals surface area contributed by atoms with E-state index in [9.17, 15) is 0 Å². The average molecular weight is 2130 g/mol. The van der Waals surface area contributed by atoms with Gasteiger partial charge in [0.2, 0.25) is 0 Å². The van der Waals surface area contributed by atoms with E-state index < -0.39 is 0 Å². The van der Waals surface area contributed by atoms with Gasteiger partial charge in [-0.15, -0.1) is 0 Å². The topological polar surface area (TPSA) is 85.5 Å². The van der Waals surface area contributed by atoms with E-state index in [1.165, 1.54) is 0 Å². The van der Waals surface area contributed by atoms with E-state index in [1.54, 1.807) is 0 Å². The first kappa shape index (κ1) is 139. The van der Waals surface area contributed by atoms with E-state index >= 15 is 0 Å². The predicted molar refractivity (Wildman–Crippen MR) is 24.2 cm³/mol. The molecule has 4 radical (unpaired) electrons. The molecule has 0 unspecified atom stereocenters. The van der Waals surface area contributed by atoms with Crippen LogP contribution in [0, 0.1) is 497 Å². The molecule has 0 aliphatic heterocycles. The van der Waals surface area contributed by atoms with Gasteiger partial charge in [-0.05, 0) is 0 Å². The quantitative estimate of drug-likeness (QED) is 0.318. The van der Waals surface area contributed by atoms with Crippen LogP contribution in [0.25, 0.3) is 0 Å². The van der Waals surface area contributed by atoms with E-state index in [1.807, 2.05) is 0 Å². The van der Waals surface area contributed by atoms with Crippen molar-refractivity contribution in [3.05, 3.63) is 0 Å². The normalized spacial score (nSPS) is 0. The van der Waals surface area contributed by atoms with Crippen molar-refractivity contribution in [3.63, 3.8) is 0 Å². The molecule has 172 valence electrons. The zero-order chi connectivity index (χ0) is 0. The summed E-state index contributed by atoms with van der Waals surface area (Å²) in [6, 6.07) is 0. The van der Waals surface area contributed by atoms with Crippen LogP contribution in [0.4, 0.5) is 0 Å². The molecule has 0 spiro atoms. The third-order valence-corrected chi connectivity index (χ3v) is 0. The summed E-state index contributed by atoms with van der Waals surface area (Å²) in [5.74, 6) is 0. The molecule has 0 saturated carbocycles. The maximum atomic E-state index is 0. The Bertz CT molecular complexity index is 41.5. The van der Waals surface area contributed by atoms with Gasteiger partial charge in [-0.3, -0.25) is 0 Å². The first-order valence-electron chi connectivity index (χ1n) is 0. The summed E-state index contributed by atoms with van der Waals surface area (Å²) >= 11 is 0. The fourth-order valence-corrected chi connectivity index (χ4v) is 0.